The van der Waals surface area contributed by atoms with Crippen LogP contribution in [-0.2, 0) is 6.18 Å². The monoisotopic (exact) mass is 284 g/mol. The first kappa shape index (κ1) is 14.4. The van der Waals surface area contributed by atoms with E-state index in [1.54, 1.807) is 16.9 Å². The van der Waals surface area contributed by atoms with E-state index in [4.69, 9.17) is 5.73 Å². The lowest BCUT2D eigenvalue weighted by Crippen LogP contribution is -2.10. The van der Waals surface area contributed by atoms with Gasteiger partial charge in [0.2, 0.25) is 0 Å². The summed E-state index contributed by atoms with van der Waals surface area (Å²) in [5.41, 5.74) is 5.08. The van der Waals surface area contributed by atoms with E-state index in [1.807, 2.05) is 13.8 Å². The molecule has 7 heteroatoms. The van der Waals surface area contributed by atoms with Gasteiger partial charge in [-0.2, -0.15) is 18.3 Å². The Morgan fingerprint density at radius 2 is 2.10 bits per heavy atom. The summed E-state index contributed by atoms with van der Waals surface area (Å²) in [7, 11) is 0. The van der Waals surface area contributed by atoms with Gasteiger partial charge >= 0.3 is 6.18 Å². The van der Waals surface area contributed by atoms with Gasteiger partial charge < -0.3 is 5.73 Å². The third kappa shape index (κ3) is 2.76. The summed E-state index contributed by atoms with van der Waals surface area (Å²) in [5, 5.41) is 4.27. The van der Waals surface area contributed by atoms with Gasteiger partial charge in [-0.25, -0.2) is 4.98 Å². The quantitative estimate of drug-likeness (QED) is 0.938. The Morgan fingerprint density at radius 3 is 2.70 bits per heavy atom. The molecule has 0 radical (unpaired) electrons. The lowest BCUT2D eigenvalue weighted by atomic mass is 10.1. The molecule has 1 unspecified atom stereocenters. The predicted octanol–water partition coefficient (Wildman–Crippen LogP) is 3.52. The van der Waals surface area contributed by atoms with Crippen molar-refractivity contribution in [3.05, 3.63) is 30.1 Å². The first-order chi connectivity index (χ1) is 9.32. The summed E-state index contributed by atoms with van der Waals surface area (Å²) in [6.45, 7) is 4.00. The van der Waals surface area contributed by atoms with Gasteiger partial charge in [-0.15, -0.1) is 0 Å². The van der Waals surface area contributed by atoms with Gasteiger partial charge in [0.25, 0.3) is 0 Å². The smallest absolute Gasteiger partial charge is 0.383 e. The Kier molecular flexibility index (Phi) is 3.69. The minimum absolute atomic E-state index is 0.188. The molecule has 2 heterocycles. The van der Waals surface area contributed by atoms with E-state index in [2.05, 4.69) is 10.1 Å². The van der Waals surface area contributed by atoms with E-state index in [0.29, 0.717) is 11.3 Å². The van der Waals surface area contributed by atoms with E-state index in [1.165, 1.54) is 6.20 Å². The van der Waals surface area contributed by atoms with Gasteiger partial charge in [0, 0.05) is 24.0 Å². The van der Waals surface area contributed by atoms with Crippen LogP contribution in [-0.4, -0.2) is 14.8 Å². The Balaban J connectivity index is 2.41. The number of aromatic nitrogens is 3. The van der Waals surface area contributed by atoms with Crippen molar-refractivity contribution >= 4 is 5.82 Å². The highest BCUT2D eigenvalue weighted by Gasteiger charge is 2.34. The number of nitrogen functional groups attached to an aromatic ring is 1. The molecular weight excluding hydrogens is 269 g/mol. The molecule has 2 aromatic rings. The maximum atomic E-state index is 12.8. The van der Waals surface area contributed by atoms with Crippen LogP contribution in [0.25, 0.3) is 11.3 Å². The fourth-order valence-electron chi connectivity index (χ4n) is 1.77. The zero-order valence-electron chi connectivity index (χ0n) is 11.1. The Bertz CT molecular complexity index is 604. The second-order valence-corrected chi connectivity index (χ2v) is 4.59. The van der Waals surface area contributed by atoms with E-state index in [9.17, 15) is 13.2 Å². The molecule has 0 spiro atoms. The second-order valence-electron chi connectivity index (χ2n) is 4.59. The Hall–Kier alpha value is -2.05. The lowest BCUT2D eigenvalue weighted by Gasteiger charge is -2.10. The van der Waals surface area contributed by atoms with Crippen molar-refractivity contribution in [1.29, 1.82) is 0 Å². The average molecular weight is 284 g/mol. The molecule has 0 aliphatic rings. The molecule has 0 saturated carbocycles. The summed E-state index contributed by atoms with van der Waals surface area (Å²) in [6.07, 6.45) is -0.595. The molecule has 0 aliphatic heterocycles. The van der Waals surface area contributed by atoms with Crippen LogP contribution in [0.3, 0.4) is 0 Å². The van der Waals surface area contributed by atoms with Crippen LogP contribution >= 0.6 is 0 Å². The molecule has 0 bridgehead atoms. The van der Waals surface area contributed by atoms with Crippen LogP contribution in [0, 0.1) is 0 Å². The summed E-state index contributed by atoms with van der Waals surface area (Å²) < 4.78 is 40.1. The number of alkyl halides is 3. The molecule has 20 heavy (non-hydrogen) atoms. The second kappa shape index (κ2) is 5.15. The number of nitrogens with zero attached hydrogens (tertiary/aromatic N) is 3. The number of hydrogen-bond donors (Lipinski definition) is 1. The molecule has 2 aromatic heterocycles. The molecule has 0 fully saturated rings. The van der Waals surface area contributed by atoms with Gasteiger partial charge in [0.15, 0.2) is 0 Å². The van der Waals surface area contributed by atoms with Gasteiger partial charge in [-0.1, -0.05) is 6.92 Å². The largest absolute Gasteiger partial charge is 0.419 e. The zero-order chi connectivity index (χ0) is 14.9. The number of rotatable bonds is 3. The van der Waals surface area contributed by atoms with Crippen LogP contribution in [0.5, 0.6) is 0 Å². The molecule has 1 atom stereocenters. The fourth-order valence-corrected chi connectivity index (χ4v) is 1.77. The van der Waals surface area contributed by atoms with Crippen molar-refractivity contribution in [2.75, 3.05) is 5.73 Å². The third-order valence-electron chi connectivity index (χ3n) is 3.17. The molecule has 2 N–H and O–H groups in total. The standard InChI is InChI=1S/C13H15F3N4/c1-3-8(2)20-5-4-11(19-20)9-6-10(13(14,15)16)12(17)18-7-9/h4-8H,3H2,1-2H3,(H2,17,18). The number of anilines is 1. The van der Waals surface area contributed by atoms with Crippen LogP contribution in [0.1, 0.15) is 31.9 Å². The highest BCUT2D eigenvalue weighted by Crippen LogP contribution is 2.34. The maximum absolute atomic E-state index is 12.8. The predicted molar refractivity (Wildman–Crippen MR) is 69.9 cm³/mol. The van der Waals surface area contributed by atoms with E-state index in [-0.39, 0.29) is 6.04 Å². The van der Waals surface area contributed by atoms with Crippen LogP contribution in [0.4, 0.5) is 19.0 Å². The molecule has 0 aliphatic carbocycles. The molecular formula is C13H15F3N4. The first-order valence-electron chi connectivity index (χ1n) is 6.21. The van der Waals surface area contributed by atoms with E-state index in [0.717, 1.165) is 12.5 Å². The Labute approximate surface area is 114 Å². The first-order valence-corrected chi connectivity index (χ1v) is 6.21. The number of hydrogen-bond acceptors (Lipinski definition) is 3. The minimum Gasteiger partial charge on any atom is -0.383 e. The van der Waals surface area contributed by atoms with Crippen molar-refractivity contribution in [3.8, 4) is 11.3 Å². The number of nitrogens with two attached hydrogens (primary N) is 1. The van der Waals surface area contributed by atoms with Gasteiger partial charge in [0.1, 0.15) is 5.82 Å². The van der Waals surface area contributed by atoms with Crippen molar-refractivity contribution < 1.29 is 13.2 Å². The van der Waals surface area contributed by atoms with Crippen LogP contribution in [0.2, 0.25) is 0 Å². The zero-order valence-corrected chi connectivity index (χ0v) is 11.1. The minimum atomic E-state index is -4.52. The maximum Gasteiger partial charge on any atom is 0.419 e. The summed E-state index contributed by atoms with van der Waals surface area (Å²) in [6, 6.07) is 2.83. The van der Waals surface area contributed by atoms with Gasteiger partial charge in [-0.05, 0) is 25.5 Å². The van der Waals surface area contributed by atoms with E-state index < -0.39 is 17.6 Å². The Morgan fingerprint density at radius 1 is 1.40 bits per heavy atom. The van der Waals surface area contributed by atoms with Crippen molar-refractivity contribution in [2.45, 2.75) is 32.5 Å². The van der Waals surface area contributed by atoms with Gasteiger partial charge in [0.05, 0.1) is 11.3 Å². The van der Waals surface area contributed by atoms with Gasteiger partial charge in [-0.3, -0.25) is 4.68 Å². The normalized spacial score (nSPS) is 13.4. The molecule has 0 aromatic carbocycles. The van der Waals surface area contributed by atoms with E-state index >= 15 is 0 Å². The van der Waals surface area contributed by atoms with Crippen molar-refractivity contribution in [1.82, 2.24) is 14.8 Å². The number of pyridine rings is 1. The van der Waals surface area contributed by atoms with Crippen molar-refractivity contribution in [2.24, 2.45) is 0 Å². The lowest BCUT2D eigenvalue weighted by molar-refractivity contribution is -0.137. The molecule has 2 rings (SSSR count). The summed E-state index contributed by atoms with van der Waals surface area (Å²) in [4.78, 5) is 3.60. The molecule has 108 valence electrons. The highest BCUT2D eigenvalue weighted by molar-refractivity contribution is 5.61. The van der Waals surface area contributed by atoms with Crippen LogP contribution < -0.4 is 5.73 Å². The molecule has 0 saturated heterocycles. The van der Waals surface area contributed by atoms with Crippen LogP contribution in [0.15, 0.2) is 24.5 Å². The molecule has 4 nitrogen and oxygen atoms in total. The average Bonchev–Trinajstić information content (AvgIpc) is 2.86. The number of halogens is 3. The SMILES string of the molecule is CCC(C)n1ccc(-c2cnc(N)c(C(F)(F)F)c2)n1. The summed E-state index contributed by atoms with van der Waals surface area (Å²) in [5.74, 6) is -0.525. The fraction of sp³-hybridized carbons (Fsp3) is 0.385. The topological polar surface area (TPSA) is 56.7 Å². The summed E-state index contributed by atoms with van der Waals surface area (Å²) >= 11 is 0. The third-order valence-corrected chi connectivity index (χ3v) is 3.17. The molecule has 0 amide bonds. The van der Waals surface area contributed by atoms with Crippen molar-refractivity contribution in [3.63, 3.8) is 0 Å². The highest BCUT2D eigenvalue weighted by atomic mass is 19.4.